The fourth-order valence-electron chi connectivity index (χ4n) is 2.12. The first-order chi connectivity index (χ1) is 5.95. The second-order valence-corrected chi connectivity index (χ2v) is 5.17. The molecule has 0 aromatic rings. The molecular weight excluding hydrogens is 160 g/mol. The van der Waals surface area contributed by atoms with Crippen molar-refractivity contribution in [1.82, 2.24) is 4.90 Å². The van der Waals surface area contributed by atoms with Gasteiger partial charge < -0.3 is 5.73 Å². The number of nitrogens with two attached hydrogens (primary N) is 1. The molecule has 0 unspecified atom stereocenters. The third-order valence-electron chi connectivity index (χ3n) is 3.41. The van der Waals surface area contributed by atoms with Crippen LogP contribution in [-0.4, -0.2) is 29.6 Å². The predicted molar refractivity (Wildman–Crippen MR) is 57.7 cm³/mol. The summed E-state index contributed by atoms with van der Waals surface area (Å²) in [7, 11) is 0. The van der Waals surface area contributed by atoms with E-state index in [1.807, 2.05) is 0 Å². The van der Waals surface area contributed by atoms with Crippen molar-refractivity contribution < 1.29 is 0 Å². The Morgan fingerprint density at radius 3 is 2.46 bits per heavy atom. The molecule has 2 atom stereocenters. The van der Waals surface area contributed by atoms with Gasteiger partial charge in [-0.15, -0.1) is 0 Å². The molecular formula is C11H24N2. The van der Waals surface area contributed by atoms with Crippen molar-refractivity contribution in [3.05, 3.63) is 0 Å². The fourth-order valence-corrected chi connectivity index (χ4v) is 2.12. The minimum Gasteiger partial charge on any atom is -0.327 e. The van der Waals surface area contributed by atoms with E-state index in [0.717, 1.165) is 12.5 Å². The predicted octanol–water partition coefficient (Wildman–Crippen LogP) is 1.84. The van der Waals surface area contributed by atoms with Crippen LogP contribution in [-0.2, 0) is 0 Å². The maximum Gasteiger partial charge on any atom is 0.0171 e. The van der Waals surface area contributed by atoms with Crippen LogP contribution in [0.2, 0.25) is 0 Å². The zero-order valence-electron chi connectivity index (χ0n) is 9.51. The molecule has 2 heteroatoms. The van der Waals surface area contributed by atoms with Crippen molar-refractivity contribution in [1.29, 1.82) is 0 Å². The van der Waals surface area contributed by atoms with Crippen molar-refractivity contribution in [3.63, 3.8) is 0 Å². The van der Waals surface area contributed by atoms with Gasteiger partial charge in [0.15, 0.2) is 0 Å². The van der Waals surface area contributed by atoms with Crippen LogP contribution >= 0.6 is 0 Å². The zero-order valence-corrected chi connectivity index (χ0v) is 9.51. The highest BCUT2D eigenvalue weighted by atomic mass is 15.2. The summed E-state index contributed by atoms with van der Waals surface area (Å²) >= 11 is 0. The lowest BCUT2D eigenvalue weighted by atomic mass is 9.90. The Bertz CT molecular complexity index is 155. The topological polar surface area (TPSA) is 29.3 Å². The van der Waals surface area contributed by atoms with E-state index in [0.29, 0.717) is 11.6 Å². The number of hydrogen-bond donors (Lipinski definition) is 1. The molecule has 0 saturated carbocycles. The highest BCUT2D eigenvalue weighted by Crippen LogP contribution is 2.25. The largest absolute Gasteiger partial charge is 0.327 e. The summed E-state index contributed by atoms with van der Waals surface area (Å²) in [6.45, 7) is 11.5. The molecule has 0 spiro atoms. The Kier molecular flexibility index (Phi) is 3.36. The molecule has 1 saturated heterocycles. The number of nitrogens with zero attached hydrogens (tertiary/aromatic N) is 1. The van der Waals surface area contributed by atoms with Gasteiger partial charge in [-0.1, -0.05) is 13.8 Å². The van der Waals surface area contributed by atoms with Gasteiger partial charge in [0.1, 0.15) is 0 Å². The minimum absolute atomic E-state index is 0.326. The number of piperidine rings is 1. The summed E-state index contributed by atoms with van der Waals surface area (Å²) in [5.41, 5.74) is 6.35. The summed E-state index contributed by atoms with van der Waals surface area (Å²) in [4.78, 5) is 2.55. The lowest BCUT2D eigenvalue weighted by Gasteiger charge is -2.44. The van der Waals surface area contributed by atoms with Gasteiger partial charge in [0.2, 0.25) is 0 Å². The molecule has 1 fully saturated rings. The molecule has 0 aromatic carbocycles. The second kappa shape index (κ2) is 3.97. The van der Waals surface area contributed by atoms with E-state index < -0.39 is 0 Å². The van der Waals surface area contributed by atoms with Gasteiger partial charge in [-0.25, -0.2) is 0 Å². The van der Waals surface area contributed by atoms with E-state index >= 15 is 0 Å². The van der Waals surface area contributed by atoms with Crippen LogP contribution in [0.15, 0.2) is 0 Å². The average Bonchev–Trinajstić information content (AvgIpc) is 2.02. The molecule has 1 aliphatic heterocycles. The van der Waals surface area contributed by atoms with E-state index in [2.05, 4.69) is 32.6 Å². The van der Waals surface area contributed by atoms with Gasteiger partial charge in [0.05, 0.1) is 0 Å². The summed E-state index contributed by atoms with van der Waals surface area (Å²) in [5, 5.41) is 0. The molecule has 0 aliphatic carbocycles. The standard InChI is InChI=1S/C11H24N2/c1-5-11(3,4)13-7-9(2)6-10(12)8-13/h9-10H,5-8,12H2,1-4H3/t9-,10+/m0/s1. The van der Waals surface area contributed by atoms with Crippen LogP contribution in [0, 0.1) is 5.92 Å². The first kappa shape index (κ1) is 11.0. The van der Waals surface area contributed by atoms with E-state index in [1.54, 1.807) is 0 Å². The molecule has 1 aliphatic rings. The van der Waals surface area contributed by atoms with E-state index in [4.69, 9.17) is 5.73 Å². The summed E-state index contributed by atoms with van der Waals surface area (Å²) in [6.07, 6.45) is 2.39. The normalized spacial score (nSPS) is 32.1. The molecule has 13 heavy (non-hydrogen) atoms. The number of rotatable bonds is 2. The van der Waals surface area contributed by atoms with Crippen molar-refractivity contribution in [2.24, 2.45) is 11.7 Å². The van der Waals surface area contributed by atoms with E-state index in [9.17, 15) is 0 Å². The highest BCUT2D eigenvalue weighted by Gasteiger charge is 2.31. The molecule has 78 valence electrons. The van der Waals surface area contributed by atoms with Crippen LogP contribution < -0.4 is 5.73 Å². The van der Waals surface area contributed by atoms with Crippen molar-refractivity contribution in [3.8, 4) is 0 Å². The first-order valence-electron chi connectivity index (χ1n) is 5.46. The lowest BCUT2D eigenvalue weighted by Crippen LogP contribution is -2.54. The molecule has 2 N–H and O–H groups in total. The van der Waals surface area contributed by atoms with Gasteiger partial charge in [-0.2, -0.15) is 0 Å². The Morgan fingerprint density at radius 2 is 2.00 bits per heavy atom. The highest BCUT2D eigenvalue weighted by molar-refractivity contribution is 4.88. The lowest BCUT2D eigenvalue weighted by molar-refractivity contribution is 0.0586. The minimum atomic E-state index is 0.326. The zero-order chi connectivity index (χ0) is 10.1. The van der Waals surface area contributed by atoms with Gasteiger partial charge in [-0.05, 0) is 32.6 Å². The fraction of sp³-hybridized carbons (Fsp3) is 1.00. The summed E-state index contributed by atoms with van der Waals surface area (Å²) < 4.78 is 0. The Labute approximate surface area is 82.5 Å². The van der Waals surface area contributed by atoms with Gasteiger partial charge in [-0.3, -0.25) is 4.90 Å². The number of hydrogen-bond acceptors (Lipinski definition) is 2. The first-order valence-corrected chi connectivity index (χ1v) is 5.46. The van der Waals surface area contributed by atoms with Crippen molar-refractivity contribution in [2.75, 3.05) is 13.1 Å². The quantitative estimate of drug-likeness (QED) is 0.709. The second-order valence-electron chi connectivity index (χ2n) is 5.17. The summed E-state index contributed by atoms with van der Waals surface area (Å²) in [6, 6.07) is 0.384. The van der Waals surface area contributed by atoms with Crippen LogP contribution in [0.25, 0.3) is 0 Å². The van der Waals surface area contributed by atoms with Crippen LogP contribution in [0.3, 0.4) is 0 Å². The molecule has 0 aromatic heterocycles. The third-order valence-corrected chi connectivity index (χ3v) is 3.41. The third kappa shape index (κ3) is 2.68. The van der Waals surface area contributed by atoms with Crippen LogP contribution in [0.4, 0.5) is 0 Å². The summed E-state index contributed by atoms with van der Waals surface area (Å²) in [5.74, 6) is 0.759. The Morgan fingerprint density at radius 1 is 1.38 bits per heavy atom. The number of likely N-dealkylation sites (tertiary alicyclic amines) is 1. The SMILES string of the molecule is CCC(C)(C)N1C[C@@H](C)C[C@@H](N)C1. The maximum absolute atomic E-state index is 6.03. The van der Waals surface area contributed by atoms with E-state index in [-0.39, 0.29) is 0 Å². The molecule has 1 heterocycles. The average molecular weight is 184 g/mol. The molecule has 1 rings (SSSR count). The molecule has 0 bridgehead atoms. The van der Waals surface area contributed by atoms with Crippen molar-refractivity contribution >= 4 is 0 Å². The molecule has 2 nitrogen and oxygen atoms in total. The Hall–Kier alpha value is -0.0800. The van der Waals surface area contributed by atoms with Gasteiger partial charge in [0.25, 0.3) is 0 Å². The monoisotopic (exact) mass is 184 g/mol. The Balaban J connectivity index is 2.59. The van der Waals surface area contributed by atoms with Gasteiger partial charge >= 0.3 is 0 Å². The van der Waals surface area contributed by atoms with Crippen molar-refractivity contribution in [2.45, 2.75) is 52.1 Å². The van der Waals surface area contributed by atoms with Crippen LogP contribution in [0.1, 0.15) is 40.5 Å². The van der Waals surface area contributed by atoms with E-state index in [1.165, 1.54) is 19.4 Å². The maximum atomic E-state index is 6.03. The van der Waals surface area contributed by atoms with Crippen LogP contribution in [0.5, 0.6) is 0 Å². The molecule has 0 radical (unpaired) electrons. The molecule has 0 amide bonds. The van der Waals surface area contributed by atoms with Gasteiger partial charge in [0, 0.05) is 24.7 Å². The smallest absolute Gasteiger partial charge is 0.0171 e.